The zero-order valence-electron chi connectivity index (χ0n) is 11.7. The van der Waals surface area contributed by atoms with Gasteiger partial charge in [-0.1, -0.05) is 25.4 Å². The summed E-state index contributed by atoms with van der Waals surface area (Å²) in [7, 11) is 0. The van der Waals surface area contributed by atoms with E-state index in [-0.39, 0.29) is 0 Å². The summed E-state index contributed by atoms with van der Waals surface area (Å²) in [6.07, 6.45) is 1.74. The molecule has 0 aromatic heterocycles. The Balaban J connectivity index is 2.64. The second-order valence-corrected chi connectivity index (χ2v) is 5.24. The molecule has 1 rings (SSSR count). The third kappa shape index (κ3) is 3.87. The van der Waals surface area contributed by atoms with Gasteiger partial charge in [0.2, 0.25) is 0 Å². The molecule has 0 radical (unpaired) electrons. The van der Waals surface area contributed by atoms with Crippen LogP contribution in [0.2, 0.25) is 5.02 Å². The number of carboxylic acid groups (broad SMARTS) is 1. The first kappa shape index (κ1) is 15.8. The average molecular weight is 285 g/mol. The maximum absolute atomic E-state index is 11.4. The van der Waals surface area contributed by atoms with Crippen molar-refractivity contribution in [3.8, 4) is 5.75 Å². The molecule has 4 heteroatoms. The van der Waals surface area contributed by atoms with Gasteiger partial charge in [0.1, 0.15) is 5.75 Å². The molecule has 1 aromatic carbocycles. The summed E-state index contributed by atoms with van der Waals surface area (Å²) in [5.74, 6) is 0.0184. The minimum Gasteiger partial charge on any atom is -0.493 e. The largest absolute Gasteiger partial charge is 0.493 e. The smallest absolute Gasteiger partial charge is 0.309 e. The first-order valence-corrected chi connectivity index (χ1v) is 6.95. The topological polar surface area (TPSA) is 46.5 Å². The van der Waals surface area contributed by atoms with Crippen molar-refractivity contribution in [1.29, 1.82) is 0 Å². The molecule has 0 atom stereocenters. The van der Waals surface area contributed by atoms with E-state index in [0.29, 0.717) is 30.9 Å². The summed E-state index contributed by atoms with van der Waals surface area (Å²) in [6, 6.07) is 5.42. The van der Waals surface area contributed by atoms with E-state index >= 15 is 0 Å². The number of benzene rings is 1. The lowest BCUT2D eigenvalue weighted by Crippen LogP contribution is -2.31. The molecule has 0 bridgehead atoms. The Morgan fingerprint density at radius 1 is 1.37 bits per heavy atom. The molecule has 0 heterocycles. The number of hydrogen-bond acceptors (Lipinski definition) is 2. The normalized spacial score (nSPS) is 11.4. The fraction of sp³-hybridized carbons (Fsp3) is 0.533. The van der Waals surface area contributed by atoms with Crippen molar-refractivity contribution < 1.29 is 14.6 Å². The zero-order valence-corrected chi connectivity index (χ0v) is 12.5. The summed E-state index contributed by atoms with van der Waals surface area (Å²) >= 11 is 5.88. The van der Waals surface area contributed by atoms with Gasteiger partial charge in [-0.25, -0.2) is 0 Å². The molecule has 106 valence electrons. The lowest BCUT2D eigenvalue weighted by atomic mass is 9.79. The number of rotatable bonds is 7. The molecule has 0 saturated heterocycles. The maximum atomic E-state index is 11.4. The Morgan fingerprint density at radius 3 is 2.47 bits per heavy atom. The lowest BCUT2D eigenvalue weighted by Gasteiger charge is -2.26. The molecule has 1 N–H and O–H groups in total. The molecule has 19 heavy (non-hydrogen) atoms. The van der Waals surface area contributed by atoms with E-state index in [9.17, 15) is 9.90 Å². The van der Waals surface area contributed by atoms with Crippen molar-refractivity contribution in [2.45, 2.75) is 40.0 Å². The highest BCUT2D eigenvalue weighted by molar-refractivity contribution is 6.30. The Hall–Kier alpha value is -1.22. The van der Waals surface area contributed by atoms with E-state index in [2.05, 4.69) is 0 Å². The Labute approximate surface area is 119 Å². The van der Waals surface area contributed by atoms with E-state index in [1.54, 1.807) is 6.07 Å². The molecule has 1 aromatic rings. The van der Waals surface area contributed by atoms with Crippen LogP contribution in [0.1, 0.15) is 38.7 Å². The molecular weight excluding hydrogens is 264 g/mol. The fourth-order valence-corrected chi connectivity index (χ4v) is 2.37. The Bertz CT molecular complexity index is 439. The zero-order chi connectivity index (χ0) is 14.5. The highest BCUT2D eigenvalue weighted by Gasteiger charge is 2.34. The number of carbonyl (C=O) groups is 1. The van der Waals surface area contributed by atoms with Gasteiger partial charge in [-0.15, -0.1) is 0 Å². The average Bonchev–Trinajstić information content (AvgIpc) is 2.37. The van der Waals surface area contributed by atoms with Crippen molar-refractivity contribution in [1.82, 2.24) is 0 Å². The predicted octanol–water partition coefficient (Wildman–Crippen LogP) is 4.31. The first-order valence-electron chi connectivity index (χ1n) is 6.57. The third-order valence-electron chi connectivity index (χ3n) is 3.78. The van der Waals surface area contributed by atoms with Crippen molar-refractivity contribution in [2.75, 3.05) is 6.61 Å². The minimum atomic E-state index is -0.742. The van der Waals surface area contributed by atoms with Gasteiger partial charge in [-0.2, -0.15) is 0 Å². The standard InChI is InChI=1S/C15H21ClO3/c1-4-15(5-2,14(17)18)8-9-19-13-7-6-12(16)10-11(13)3/h6-7,10H,4-5,8-9H2,1-3H3,(H,17,18). The van der Waals surface area contributed by atoms with E-state index < -0.39 is 11.4 Å². The quantitative estimate of drug-likeness (QED) is 0.811. The van der Waals surface area contributed by atoms with Crippen molar-refractivity contribution in [2.24, 2.45) is 5.41 Å². The molecule has 0 aliphatic carbocycles. The second-order valence-electron chi connectivity index (χ2n) is 4.80. The number of aliphatic carboxylic acids is 1. The van der Waals surface area contributed by atoms with Crippen LogP contribution in [-0.2, 0) is 4.79 Å². The minimum absolute atomic E-state index is 0.399. The fourth-order valence-electron chi connectivity index (χ4n) is 2.14. The molecule has 0 saturated carbocycles. The summed E-state index contributed by atoms with van der Waals surface area (Å²) in [6.45, 7) is 6.14. The van der Waals surface area contributed by atoms with Crippen LogP contribution in [0.4, 0.5) is 0 Å². The molecule has 3 nitrogen and oxygen atoms in total. The molecule has 0 amide bonds. The number of ether oxygens (including phenoxy) is 1. The summed E-state index contributed by atoms with van der Waals surface area (Å²) in [4.78, 5) is 11.4. The van der Waals surface area contributed by atoms with Crippen LogP contribution in [0, 0.1) is 12.3 Å². The van der Waals surface area contributed by atoms with Gasteiger partial charge in [0.25, 0.3) is 0 Å². The van der Waals surface area contributed by atoms with E-state index in [0.717, 1.165) is 11.3 Å². The van der Waals surface area contributed by atoms with E-state index in [1.807, 2.05) is 32.9 Å². The van der Waals surface area contributed by atoms with Crippen molar-refractivity contribution in [3.63, 3.8) is 0 Å². The van der Waals surface area contributed by atoms with Gasteiger partial charge in [0, 0.05) is 5.02 Å². The van der Waals surface area contributed by atoms with Crippen LogP contribution in [-0.4, -0.2) is 17.7 Å². The number of hydrogen-bond donors (Lipinski definition) is 1. The Kier molecular flexibility index (Phi) is 5.67. The molecule has 0 fully saturated rings. The van der Waals surface area contributed by atoms with Gasteiger partial charge in [0.15, 0.2) is 0 Å². The summed E-state index contributed by atoms with van der Waals surface area (Å²) < 4.78 is 5.68. The third-order valence-corrected chi connectivity index (χ3v) is 4.02. The lowest BCUT2D eigenvalue weighted by molar-refractivity contribution is -0.150. The van der Waals surface area contributed by atoms with Gasteiger partial charge < -0.3 is 9.84 Å². The molecule has 0 aliphatic rings. The van der Waals surface area contributed by atoms with E-state index in [1.165, 1.54) is 0 Å². The highest BCUT2D eigenvalue weighted by atomic mass is 35.5. The highest BCUT2D eigenvalue weighted by Crippen LogP contribution is 2.31. The van der Waals surface area contributed by atoms with Crippen LogP contribution < -0.4 is 4.74 Å². The Morgan fingerprint density at radius 2 is 2.00 bits per heavy atom. The molecule has 0 unspecified atom stereocenters. The van der Waals surface area contributed by atoms with Crippen molar-refractivity contribution >= 4 is 17.6 Å². The maximum Gasteiger partial charge on any atom is 0.309 e. The number of carboxylic acids is 1. The van der Waals surface area contributed by atoms with Crippen LogP contribution in [0.25, 0.3) is 0 Å². The number of halogens is 1. The van der Waals surface area contributed by atoms with Gasteiger partial charge in [-0.3, -0.25) is 4.79 Å². The van der Waals surface area contributed by atoms with Crippen LogP contribution in [0.15, 0.2) is 18.2 Å². The summed E-state index contributed by atoms with van der Waals surface area (Å²) in [5.41, 5.74) is 0.279. The van der Waals surface area contributed by atoms with Gasteiger partial charge in [0.05, 0.1) is 12.0 Å². The summed E-state index contributed by atoms with van der Waals surface area (Å²) in [5, 5.41) is 10.0. The number of aryl methyl sites for hydroxylation is 1. The van der Waals surface area contributed by atoms with E-state index in [4.69, 9.17) is 16.3 Å². The van der Waals surface area contributed by atoms with Gasteiger partial charge in [-0.05, 0) is 49.9 Å². The van der Waals surface area contributed by atoms with Crippen LogP contribution in [0.5, 0.6) is 5.75 Å². The van der Waals surface area contributed by atoms with Crippen LogP contribution in [0.3, 0.4) is 0 Å². The molecule has 0 aliphatic heterocycles. The monoisotopic (exact) mass is 284 g/mol. The van der Waals surface area contributed by atoms with Crippen LogP contribution >= 0.6 is 11.6 Å². The predicted molar refractivity (Wildman–Crippen MR) is 77.0 cm³/mol. The molecular formula is C15H21ClO3. The van der Waals surface area contributed by atoms with Crippen molar-refractivity contribution in [3.05, 3.63) is 28.8 Å². The van der Waals surface area contributed by atoms with Gasteiger partial charge >= 0.3 is 5.97 Å². The SMILES string of the molecule is CCC(CC)(CCOc1ccc(Cl)cc1C)C(=O)O. The second kappa shape index (κ2) is 6.80. The molecule has 0 spiro atoms. The first-order chi connectivity index (χ1) is 8.95.